The maximum atomic E-state index is 11.9. The highest BCUT2D eigenvalue weighted by Gasteiger charge is 2.12. The van der Waals surface area contributed by atoms with Crippen LogP contribution in [0.3, 0.4) is 0 Å². The van der Waals surface area contributed by atoms with Crippen molar-refractivity contribution in [3.05, 3.63) is 53.5 Å². The van der Waals surface area contributed by atoms with Gasteiger partial charge in [0.15, 0.2) is 0 Å². The molecule has 3 amide bonds. The Balaban J connectivity index is 1.81. The van der Waals surface area contributed by atoms with Crippen LogP contribution in [0.15, 0.2) is 41.0 Å². The van der Waals surface area contributed by atoms with Crippen LogP contribution in [0, 0.1) is 13.8 Å². The number of imide groups is 1. The van der Waals surface area contributed by atoms with E-state index in [-0.39, 0.29) is 12.5 Å². The molecule has 1 heterocycles. The fraction of sp³-hybridized carbons (Fsp3) is 0.294. The lowest BCUT2D eigenvalue weighted by Gasteiger charge is -2.15. The van der Waals surface area contributed by atoms with Crippen molar-refractivity contribution in [1.29, 1.82) is 0 Å². The molecular weight excluding hydrogens is 294 g/mol. The maximum absolute atomic E-state index is 11.9. The van der Waals surface area contributed by atoms with Crippen molar-refractivity contribution in [3.63, 3.8) is 0 Å². The molecule has 0 saturated carbocycles. The zero-order valence-electron chi connectivity index (χ0n) is 13.6. The average Bonchev–Trinajstić information content (AvgIpc) is 2.94. The van der Waals surface area contributed by atoms with Gasteiger partial charge in [0.25, 0.3) is 0 Å². The van der Waals surface area contributed by atoms with E-state index in [1.165, 1.54) is 0 Å². The van der Waals surface area contributed by atoms with E-state index >= 15 is 0 Å². The van der Waals surface area contributed by atoms with Crippen molar-refractivity contribution < 1.29 is 14.0 Å². The number of aryl methyl sites for hydroxylation is 2. The standard InChI is InChI=1S/C17H21N3O3/c1-12-6-7-15(13(2)9-12)18-17(22)19-16(21)11-20(3)10-14-5-4-8-23-14/h4-9H,10-11H2,1-3H3,(H2,18,19,21,22). The molecule has 0 radical (unpaired) electrons. The minimum Gasteiger partial charge on any atom is -0.468 e. The lowest BCUT2D eigenvalue weighted by atomic mass is 10.1. The molecule has 2 rings (SSSR count). The first-order valence-corrected chi connectivity index (χ1v) is 7.33. The number of nitrogens with one attached hydrogen (secondary N) is 2. The topological polar surface area (TPSA) is 74.6 Å². The van der Waals surface area contributed by atoms with Gasteiger partial charge >= 0.3 is 6.03 Å². The predicted octanol–water partition coefficient (Wildman–Crippen LogP) is 2.68. The smallest absolute Gasteiger partial charge is 0.325 e. The number of rotatable bonds is 5. The van der Waals surface area contributed by atoms with Crippen LogP contribution in [0.2, 0.25) is 0 Å². The number of amides is 3. The van der Waals surface area contributed by atoms with Gasteiger partial charge in [-0.2, -0.15) is 0 Å². The van der Waals surface area contributed by atoms with E-state index in [0.29, 0.717) is 12.2 Å². The van der Waals surface area contributed by atoms with Crippen LogP contribution in [0.25, 0.3) is 0 Å². The summed E-state index contributed by atoms with van der Waals surface area (Å²) < 4.78 is 5.22. The third-order valence-corrected chi connectivity index (χ3v) is 3.30. The SMILES string of the molecule is Cc1ccc(NC(=O)NC(=O)CN(C)Cc2ccco2)c(C)c1. The molecule has 122 valence electrons. The van der Waals surface area contributed by atoms with Crippen molar-refractivity contribution in [1.82, 2.24) is 10.2 Å². The van der Waals surface area contributed by atoms with Crippen molar-refractivity contribution in [3.8, 4) is 0 Å². The molecule has 23 heavy (non-hydrogen) atoms. The Labute approximate surface area is 135 Å². The summed E-state index contributed by atoms with van der Waals surface area (Å²) in [5, 5.41) is 5.00. The Morgan fingerprint density at radius 2 is 2.00 bits per heavy atom. The van der Waals surface area contributed by atoms with Gasteiger partial charge in [-0.05, 0) is 44.7 Å². The largest absolute Gasteiger partial charge is 0.468 e. The Hall–Kier alpha value is -2.60. The molecule has 0 saturated heterocycles. The fourth-order valence-corrected chi connectivity index (χ4v) is 2.24. The lowest BCUT2D eigenvalue weighted by molar-refractivity contribution is -0.120. The van der Waals surface area contributed by atoms with E-state index in [0.717, 1.165) is 16.9 Å². The third-order valence-electron chi connectivity index (χ3n) is 3.30. The molecular formula is C17H21N3O3. The Morgan fingerprint density at radius 3 is 2.65 bits per heavy atom. The normalized spacial score (nSPS) is 10.6. The van der Waals surface area contributed by atoms with Gasteiger partial charge in [-0.25, -0.2) is 4.79 Å². The highest BCUT2D eigenvalue weighted by molar-refractivity contribution is 6.02. The summed E-state index contributed by atoms with van der Waals surface area (Å²) in [5.74, 6) is 0.390. The van der Waals surface area contributed by atoms with Crippen LogP contribution >= 0.6 is 0 Å². The number of benzene rings is 1. The summed E-state index contributed by atoms with van der Waals surface area (Å²) in [7, 11) is 1.78. The molecule has 0 aliphatic heterocycles. The van der Waals surface area contributed by atoms with Crippen LogP contribution in [0.1, 0.15) is 16.9 Å². The van der Waals surface area contributed by atoms with Gasteiger partial charge in [0.1, 0.15) is 5.76 Å². The number of urea groups is 1. The second-order valence-corrected chi connectivity index (χ2v) is 5.57. The van der Waals surface area contributed by atoms with Crippen molar-refractivity contribution in [2.75, 3.05) is 18.9 Å². The van der Waals surface area contributed by atoms with Gasteiger partial charge in [0.05, 0.1) is 19.4 Å². The highest BCUT2D eigenvalue weighted by Crippen LogP contribution is 2.15. The summed E-state index contributed by atoms with van der Waals surface area (Å²) in [4.78, 5) is 25.5. The maximum Gasteiger partial charge on any atom is 0.325 e. The molecule has 1 aromatic heterocycles. The first kappa shape index (κ1) is 16.8. The number of carbonyl (C=O) groups excluding carboxylic acids is 2. The van der Waals surface area contributed by atoms with Gasteiger partial charge < -0.3 is 9.73 Å². The lowest BCUT2D eigenvalue weighted by Crippen LogP contribution is -2.40. The molecule has 6 nitrogen and oxygen atoms in total. The molecule has 0 aliphatic carbocycles. The molecule has 0 aliphatic rings. The fourth-order valence-electron chi connectivity index (χ4n) is 2.24. The van der Waals surface area contributed by atoms with Crippen molar-refractivity contribution in [2.24, 2.45) is 0 Å². The predicted molar refractivity (Wildman–Crippen MR) is 88.1 cm³/mol. The Bertz CT molecular complexity index is 680. The third kappa shape index (κ3) is 5.27. The van der Waals surface area contributed by atoms with Crippen LogP contribution in [-0.4, -0.2) is 30.4 Å². The van der Waals surface area contributed by atoms with E-state index in [4.69, 9.17) is 4.42 Å². The summed E-state index contributed by atoms with van der Waals surface area (Å²) in [6, 6.07) is 8.78. The van der Waals surface area contributed by atoms with Gasteiger partial charge in [-0.1, -0.05) is 17.7 Å². The second kappa shape index (κ2) is 7.60. The molecule has 0 atom stereocenters. The first-order chi connectivity index (χ1) is 10.9. The number of hydrogen-bond acceptors (Lipinski definition) is 4. The molecule has 2 aromatic rings. The van der Waals surface area contributed by atoms with E-state index in [2.05, 4.69) is 10.6 Å². The average molecular weight is 315 g/mol. The summed E-state index contributed by atoms with van der Waals surface area (Å²) in [6.45, 7) is 4.48. The van der Waals surface area contributed by atoms with Crippen molar-refractivity contribution in [2.45, 2.75) is 20.4 Å². The quantitative estimate of drug-likeness (QED) is 0.889. The minimum atomic E-state index is -0.534. The van der Waals surface area contributed by atoms with Crippen LogP contribution in [-0.2, 0) is 11.3 Å². The van der Waals surface area contributed by atoms with Crippen LogP contribution in [0.5, 0.6) is 0 Å². The number of anilines is 1. The summed E-state index contributed by atoms with van der Waals surface area (Å²) in [6.07, 6.45) is 1.58. The molecule has 0 spiro atoms. The van der Waals surface area contributed by atoms with Crippen LogP contribution in [0.4, 0.5) is 10.5 Å². The summed E-state index contributed by atoms with van der Waals surface area (Å²) >= 11 is 0. The second-order valence-electron chi connectivity index (χ2n) is 5.57. The first-order valence-electron chi connectivity index (χ1n) is 7.33. The van der Waals surface area contributed by atoms with Crippen molar-refractivity contribution >= 4 is 17.6 Å². The molecule has 0 unspecified atom stereocenters. The molecule has 0 bridgehead atoms. The Kier molecular flexibility index (Phi) is 5.54. The zero-order valence-corrected chi connectivity index (χ0v) is 13.6. The molecule has 6 heteroatoms. The van der Waals surface area contributed by atoms with E-state index in [1.807, 2.05) is 38.1 Å². The van der Waals surface area contributed by atoms with Crippen LogP contribution < -0.4 is 10.6 Å². The zero-order chi connectivity index (χ0) is 16.8. The summed E-state index contributed by atoms with van der Waals surface area (Å²) in [5.41, 5.74) is 2.75. The van der Waals surface area contributed by atoms with E-state index in [1.54, 1.807) is 24.3 Å². The van der Waals surface area contributed by atoms with E-state index < -0.39 is 6.03 Å². The van der Waals surface area contributed by atoms with E-state index in [9.17, 15) is 9.59 Å². The van der Waals surface area contributed by atoms with Gasteiger partial charge in [0, 0.05) is 5.69 Å². The number of furan rings is 1. The number of carbonyl (C=O) groups is 2. The highest BCUT2D eigenvalue weighted by atomic mass is 16.3. The van der Waals surface area contributed by atoms with Gasteiger partial charge in [-0.3, -0.25) is 15.0 Å². The molecule has 2 N–H and O–H groups in total. The van der Waals surface area contributed by atoms with Gasteiger partial charge in [0.2, 0.25) is 5.91 Å². The minimum absolute atomic E-state index is 0.0982. The number of nitrogens with zero attached hydrogens (tertiary/aromatic N) is 1. The van der Waals surface area contributed by atoms with Gasteiger partial charge in [-0.15, -0.1) is 0 Å². The molecule has 0 fully saturated rings. The monoisotopic (exact) mass is 315 g/mol. The number of hydrogen-bond donors (Lipinski definition) is 2. The molecule has 1 aromatic carbocycles. The Morgan fingerprint density at radius 1 is 1.22 bits per heavy atom. The number of likely N-dealkylation sites (N-methyl/N-ethyl adjacent to an activating group) is 1.